The maximum Gasteiger partial charge on any atom is 0.425 e. The molecule has 0 saturated carbocycles. The average molecular weight is 226 g/mol. The minimum absolute atomic E-state index is 0.310. The molecule has 5 nitrogen and oxygen atoms in total. The molecule has 8 heteroatoms. The lowest BCUT2D eigenvalue weighted by molar-refractivity contribution is -0.207. The molecule has 0 aliphatic carbocycles. The maximum atomic E-state index is 12.3. The smallest absolute Gasteiger partial charge is 0.425 e. The van der Waals surface area contributed by atoms with Gasteiger partial charge in [0.25, 0.3) is 0 Å². The molecule has 1 amide bonds. The lowest BCUT2D eigenvalue weighted by Crippen LogP contribution is -2.41. The van der Waals surface area contributed by atoms with Crippen LogP contribution in [0.25, 0.3) is 0 Å². The first-order valence-corrected chi connectivity index (χ1v) is 4.07. The molecule has 15 heavy (non-hydrogen) atoms. The van der Waals surface area contributed by atoms with E-state index in [1.165, 1.54) is 6.92 Å². The second-order valence-electron chi connectivity index (χ2n) is 3.05. The molecule has 2 atom stereocenters. The molecule has 1 aliphatic rings. The first kappa shape index (κ1) is 11.6. The summed E-state index contributed by atoms with van der Waals surface area (Å²) in [5.41, 5.74) is 4.62. The van der Waals surface area contributed by atoms with Crippen molar-refractivity contribution >= 4 is 12.2 Å². The van der Waals surface area contributed by atoms with Gasteiger partial charge in [0.15, 0.2) is 0 Å². The molecule has 0 aromatic rings. The Morgan fingerprint density at radius 3 is 2.73 bits per heavy atom. The highest BCUT2D eigenvalue weighted by atomic mass is 19.4. The highest BCUT2D eigenvalue weighted by Crippen LogP contribution is 2.29. The van der Waals surface area contributed by atoms with E-state index in [1.807, 2.05) is 0 Å². The van der Waals surface area contributed by atoms with E-state index >= 15 is 0 Å². The predicted molar refractivity (Wildman–Crippen MR) is 43.1 cm³/mol. The van der Waals surface area contributed by atoms with Crippen molar-refractivity contribution in [1.29, 1.82) is 0 Å². The summed E-state index contributed by atoms with van der Waals surface area (Å²) in [5.74, 6) is 0. The fraction of sp³-hybridized carbons (Fsp3) is 0.714. The number of rotatable bonds is 0. The van der Waals surface area contributed by atoms with E-state index in [-0.39, 0.29) is 6.42 Å². The maximum absolute atomic E-state index is 12.3. The van der Waals surface area contributed by atoms with E-state index in [2.05, 4.69) is 20.2 Å². The van der Waals surface area contributed by atoms with Crippen molar-refractivity contribution in [2.75, 3.05) is 0 Å². The van der Waals surface area contributed by atoms with Crippen LogP contribution >= 0.6 is 0 Å². The Kier molecular flexibility index (Phi) is 3.06. The summed E-state index contributed by atoms with van der Waals surface area (Å²) in [6.45, 7) is 1.45. The summed E-state index contributed by atoms with van der Waals surface area (Å²) in [6, 6.07) is -0.639. The van der Waals surface area contributed by atoms with E-state index < -0.39 is 30.5 Å². The Morgan fingerprint density at radius 2 is 2.27 bits per heavy atom. The summed E-state index contributed by atoms with van der Waals surface area (Å²) >= 11 is 0. The van der Waals surface area contributed by atoms with Gasteiger partial charge < -0.3 is 15.2 Å². The van der Waals surface area contributed by atoms with Crippen molar-refractivity contribution in [1.82, 2.24) is 0 Å². The number of hydrogen-bond acceptors (Lipinski definition) is 4. The highest BCUT2D eigenvalue weighted by Gasteiger charge is 2.45. The van der Waals surface area contributed by atoms with Gasteiger partial charge in [-0.15, -0.1) is 0 Å². The molecule has 86 valence electrons. The number of nitrogens with zero attached hydrogens (tertiary/aromatic N) is 1. The summed E-state index contributed by atoms with van der Waals surface area (Å²) in [5, 5.41) is 0. The molecular weight excluding hydrogens is 217 g/mol. The van der Waals surface area contributed by atoms with Gasteiger partial charge >= 0.3 is 18.4 Å². The summed E-state index contributed by atoms with van der Waals surface area (Å²) in [7, 11) is 0. The molecule has 0 aromatic carbocycles. The van der Waals surface area contributed by atoms with Crippen LogP contribution < -0.4 is 5.73 Å². The molecule has 0 saturated heterocycles. The fourth-order valence-electron chi connectivity index (χ4n) is 1.08. The molecule has 2 N–H and O–H groups in total. The number of carbonyl (C=O) groups is 1. The van der Waals surface area contributed by atoms with Crippen LogP contribution in [0.15, 0.2) is 4.99 Å². The van der Waals surface area contributed by atoms with E-state index in [4.69, 9.17) is 0 Å². The standard InChI is InChI=1S/C7H9F3N2O3/c1-3-2-4(7(8,9)10)14-6(12-3)15-5(11)13/h3-4H,2H2,1H3,(H2,11,13). The summed E-state index contributed by atoms with van der Waals surface area (Å²) in [4.78, 5) is 13.8. The number of halogens is 3. The van der Waals surface area contributed by atoms with Gasteiger partial charge in [-0.2, -0.15) is 13.2 Å². The third-order valence-corrected chi connectivity index (χ3v) is 1.68. The molecule has 0 radical (unpaired) electrons. The summed E-state index contributed by atoms with van der Waals surface area (Å²) in [6.07, 6.45) is -8.84. The average Bonchev–Trinajstić information content (AvgIpc) is 1.99. The van der Waals surface area contributed by atoms with Crippen LogP contribution in [0.4, 0.5) is 18.0 Å². The number of primary amides is 1. The van der Waals surface area contributed by atoms with Gasteiger partial charge in [-0.05, 0) is 6.92 Å². The second-order valence-corrected chi connectivity index (χ2v) is 3.05. The Balaban J connectivity index is 2.72. The molecule has 0 spiro atoms. The van der Waals surface area contributed by atoms with Gasteiger partial charge in [0.2, 0.25) is 6.10 Å². The quantitative estimate of drug-likeness (QED) is 0.673. The monoisotopic (exact) mass is 226 g/mol. The highest BCUT2D eigenvalue weighted by molar-refractivity contribution is 5.82. The van der Waals surface area contributed by atoms with Crippen LogP contribution in [0.5, 0.6) is 0 Å². The number of hydrogen-bond donors (Lipinski definition) is 1. The van der Waals surface area contributed by atoms with E-state index in [0.717, 1.165) is 0 Å². The predicted octanol–water partition coefficient (Wildman–Crippen LogP) is 1.18. The first-order valence-electron chi connectivity index (χ1n) is 4.07. The van der Waals surface area contributed by atoms with Crippen LogP contribution in [0, 0.1) is 0 Å². The normalized spacial score (nSPS) is 26.5. The SMILES string of the molecule is CC1CC(C(F)(F)F)OC(OC(N)=O)=N1. The minimum atomic E-state index is -4.52. The van der Waals surface area contributed by atoms with Crippen LogP contribution in [0.3, 0.4) is 0 Å². The lowest BCUT2D eigenvalue weighted by atomic mass is 10.1. The molecule has 2 unspecified atom stereocenters. The molecule has 1 heterocycles. The van der Waals surface area contributed by atoms with Crippen molar-refractivity contribution in [3.63, 3.8) is 0 Å². The molecule has 0 aromatic heterocycles. The molecule has 1 aliphatic heterocycles. The number of ether oxygens (including phenoxy) is 2. The zero-order valence-corrected chi connectivity index (χ0v) is 7.75. The van der Waals surface area contributed by atoms with Crippen molar-refractivity contribution in [2.24, 2.45) is 10.7 Å². The number of amides is 1. The molecule has 1 rings (SSSR count). The Hall–Kier alpha value is -1.47. The van der Waals surface area contributed by atoms with E-state index in [9.17, 15) is 18.0 Å². The zero-order valence-electron chi connectivity index (χ0n) is 7.75. The summed E-state index contributed by atoms with van der Waals surface area (Å²) < 4.78 is 45.3. The number of nitrogens with two attached hydrogens (primary N) is 1. The van der Waals surface area contributed by atoms with Crippen LogP contribution in [-0.4, -0.2) is 30.5 Å². The van der Waals surface area contributed by atoms with Gasteiger partial charge in [-0.3, -0.25) is 0 Å². The van der Waals surface area contributed by atoms with Gasteiger partial charge in [-0.1, -0.05) is 0 Å². The zero-order chi connectivity index (χ0) is 11.6. The number of aliphatic imine (C=N–C) groups is 1. The van der Waals surface area contributed by atoms with Gasteiger partial charge in [0.1, 0.15) is 0 Å². The van der Waals surface area contributed by atoms with Crippen LogP contribution in [0.2, 0.25) is 0 Å². The van der Waals surface area contributed by atoms with Crippen LogP contribution in [0.1, 0.15) is 13.3 Å². The Labute approximate surface area is 83.0 Å². The van der Waals surface area contributed by atoms with Gasteiger partial charge in [0, 0.05) is 6.42 Å². The van der Waals surface area contributed by atoms with Gasteiger partial charge in [-0.25, -0.2) is 9.79 Å². The van der Waals surface area contributed by atoms with Crippen molar-refractivity contribution in [3.8, 4) is 0 Å². The molecule has 0 bridgehead atoms. The van der Waals surface area contributed by atoms with Crippen molar-refractivity contribution < 1.29 is 27.4 Å². The van der Waals surface area contributed by atoms with Crippen molar-refractivity contribution in [2.45, 2.75) is 31.7 Å². The largest absolute Gasteiger partial charge is 0.437 e. The van der Waals surface area contributed by atoms with E-state index in [1.54, 1.807) is 0 Å². The van der Waals surface area contributed by atoms with E-state index in [0.29, 0.717) is 0 Å². The first-order chi connectivity index (χ1) is 6.79. The third-order valence-electron chi connectivity index (χ3n) is 1.68. The van der Waals surface area contributed by atoms with Crippen LogP contribution in [-0.2, 0) is 9.47 Å². The Bertz CT molecular complexity index is 290. The Morgan fingerprint density at radius 1 is 1.67 bits per heavy atom. The number of alkyl halides is 3. The molecular formula is C7H9F3N2O3. The lowest BCUT2D eigenvalue weighted by Gasteiger charge is -2.26. The topological polar surface area (TPSA) is 73.9 Å². The molecule has 0 fully saturated rings. The number of carbonyl (C=O) groups excluding carboxylic acids is 1. The second kappa shape index (κ2) is 3.95. The third kappa shape index (κ3) is 3.30. The minimum Gasteiger partial charge on any atom is -0.437 e. The van der Waals surface area contributed by atoms with Crippen molar-refractivity contribution in [3.05, 3.63) is 0 Å². The van der Waals surface area contributed by atoms with Gasteiger partial charge in [0.05, 0.1) is 6.04 Å². The fourth-order valence-corrected chi connectivity index (χ4v) is 1.08.